The van der Waals surface area contributed by atoms with Gasteiger partial charge in [-0.25, -0.2) is 5.43 Å². The van der Waals surface area contributed by atoms with Crippen LogP contribution < -0.4 is 11.3 Å². The molecular formula is C16H19IN2. The number of halogens is 1. The minimum atomic E-state index is 0.0346. The minimum absolute atomic E-state index is 0.0346. The van der Waals surface area contributed by atoms with Crippen LogP contribution in [0.25, 0.3) is 0 Å². The van der Waals surface area contributed by atoms with Gasteiger partial charge in [-0.2, -0.15) is 0 Å². The van der Waals surface area contributed by atoms with E-state index in [4.69, 9.17) is 5.84 Å². The largest absolute Gasteiger partial charge is 0.271 e. The van der Waals surface area contributed by atoms with Gasteiger partial charge in [0.1, 0.15) is 0 Å². The third kappa shape index (κ3) is 2.99. The van der Waals surface area contributed by atoms with Crippen LogP contribution >= 0.6 is 22.6 Å². The van der Waals surface area contributed by atoms with Gasteiger partial charge in [0.2, 0.25) is 0 Å². The molecule has 0 amide bonds. The smallest absolute Gasteiger partial charge is 0.0722 e. The van der Waals surface area contributed by atoms with Gasteiger partial charge in [0.05, 0.1) is 6.04 Å². The lowest BCUT2D eigenvalue weighted by Crippen LogP contribution is -2.30. The van der Waals surface area contributed by atoms with Crippen molar-refractivity contribution < 1.29 is 0 Å². The van der Waals surface area contributed by atoms with E-state index in [0.29, 0.717) is 0 Å². The Morgan fingerprint density at radius 2 is 1.58 bits per heavy atom. The van der Waals surface area contributed by atoms with Gasteiger partial charge >= 0.3 is 0 Å². The highest BCUT2D eigenvalue weighted by atomic mass is 127. The quantitative estimate of drug-likeness (QED) is 0.493. The van der Waals surface area contributed by atoms with Gasteiger partial charge < -0.3 is 0 Å². The van der Waals surface area contributed by atoms with Crippen LogP contribution in [0.15, 0.2) is 36.4 Å². The number of rotatable bonds is 3. The average molecular weight is 366 g/mol. The summed E-state index contributed by atoms with van der Waals surface area (Å²) >= 11 is 2.36. The maximum atomic E-state index is 5.81. The molecule has 100 valence electrons. The SMILES string of the molecule is Cc1cc(C)c(C(NN)c2ccccc2I)cc1C. The molecule has 2 nitrogen and oxygen atoms in total. The van der Waals surface area contributed by atoms with Crippen LogP contribution in [0.1, 0.15) is 33.9 Å². The number of nitrogens with two attached hydrogens (primary N) is 1. The molecule has 0 aliphatic carbocycles. The first-order valence-corrected chi connectivity index (χ1v) is 7.40. The van der Waals surface area contributed by atoms with Crippen LogP contribution in [0, 0.1) is 24.3 Å². The van der Waals surface area contributed by atoms with Gasteiger partial charge in [-0.15, -0.1) is 0 Å². The molecule has 1 unspecified atom stereocenters. The number of hydrogen-bond donors (Lipinski definition) is 2. The topological polar surface area (TPSA) is 38.0 Å². The van der Waals surface area contributed by atoms with Gasteiger partial charge in [-0.05, 0) is 77.2 Å². The molecule has 0 saturated heterocycles. The molecule has 0 aliphatic rings. The molecule has 0 fully saturated rings. The highest BCUT2D eigenvalue weighted by molar-refractivity contribution is 14.1. The summed E-state index contributed by atoms with van der Waals surface area (Å²) in [6, 6.07) is 12.8. The molecule has 2 aromatic rings. The van der Waals surface area contributed by atoms with Crippen LogP contribution in [0.5, 0.6) is 0 Å². The Morgan fingerprint density at radius 1 is 0.947 bits per heavy atom. The molecule has 0 saturated carbocycles. The van der Waals surface area contributed by atoms with Crippen LogP contribution in [0.2, 0.25) is 0 Å². The summed E-state index contributed by atoms with van der Waals surface area (Å²) < 4.78 is 1.22. The molecule has 0 aromatic heterocycles. The van der Waals surface area contributed by atoms with E-state index in [2.05, 4.69) is 79.1 Å². The van der Waals surface area contributed by atoms with Gasteiger partial charge in [0.25, 0.3) is 0 Å². The van der Waals surface area contributed by atoms with Crippen molar-refractivity contribution in [3.63, 3.8) is 0 Å². The minimum Gasteiger partial charge on any atom is -0.271 e. The lowest BCUT2D eigenvalue weighted by atomic mass is 9.92. The molecule has 19 heavy (non-hydrogen) atoms. The lowest BCUT2D eigenvalue weighted by molar-refractivity contribution is 0.630. The Morgan fingerprint density at radius 3 is 2.21 bits per heavy atom. The van der Waals surface area contributed by atoms with Gasteiger partial charge in [0, 0.05) is 3.57 Å². The number of aryl methyl sites for hydroxylation is 3. The zero-order valence-corrected chi connectivity index (χ0v) is 13.7. The third-order valence-electron chi connectivity index (χ3n) is 3.58. The number of nitrogens with one attached hydrogen (secondary N) is 1. The summed E-state index contributed by atoms with van der Waals surface area (Å²) in [5, 5.41) is 0. The fourth-order valence-electron chi connectivity index (χ4n) is 2.35. The van der Waals surface area contributed by atoms with Crippen LogP contribution in [-0.4, -0.2) is 0 Å². The first kappa shape index (κ1) is 14.5. The van der Waals surface area contributed by atoms with Crippen molar-refractivity contribution >= 4 is 22.6 Å². The third-order valence-corrected chi connectivity index (χ3v) is 4.56. The van der Waals surface area contributed by atoms with E-state index >= 15 is 0 Å². The van der Waals surface area contributed by atoms with Crippen LogP contribution in [0.3, 0.4) is 0 Å². The fourth-order valence-corrected chi connectivity index (χ4v) is 3.05. The maximum Gasteiger partial charge on any atom is 0.0722 e. The highest BCUT2D eigenvalue weighted by Crippen LogP contribution is 2.29. The Hall–Kier alpha value is -0.910. The summed E-state index contributed by atoms with van der Waals surface area (Å²) in [5.41, 5.74) is 9.31. The Bertz CT molecular complexity index is 593. The predicted octanol–water partition coefficient (Wildman–Crippen LogP) is 3.77. The molecule has 0 radical (unpaired) electrons. The summed E-state index contributed by atoms with van der Waals surface area (Å²) in [5.74, 6) is 5.81. The van der Waals surface area contributed by atoms with E-state index in [1.54, 1.807) is 0 Å². The van der Waals surface area contributed by atoms with Crippen molar-refractivity contribution in [2.24, 2.45) is 5.84 Å². The van der Waals surface area contributed by atoms with E-state index in [-0.39, 0.29) is 6.04 Å². The zero-order valence-electron chi connectivity index (χ0n) is 11.5. The lowest BCUT2D eigenvalue weighted by Gasteiger charge is -2.21. The second-order valence-corrected chi connectivity index (χ2v) is 6.08. The van der Waals surface area contributed by atoms with E-state index in [1.165, 1.54) is 31.4 Å². The Balaban J connectivity index is 2.55. The average Bonchev–Trinajstić information content (AvgIpc) is 2.38. The van der Waals surface area contributed by atoms with Crippen molar-refractivity contribution in [2.75, 3.05) is 0 Å². The second kappa shape index (κ2) is 6.03. The van der Waals surface area contributed by atoms with Crippen molar-refractivity contribution in [3.05, 3.63) is 67.8 Å². The molecule has 0 heterocycles. The number of hydrazine groups is 1. The molecule has 1 atom stereocenters. The van der Waals surface area contributed by atoms with Gasteiger partial charge in [-0.1, -0.05) is 30.3 Å². The molecule has 2 aromatic carbocycles. The molecular weight excluding hydrogens is 347 g/mol. The molecule has 0 spiro atoms. The molecule has 0 aliphatic heterocycles. The highest BCUT2D eigenvalue weighted by Gasteiger charge is 2.17. The zero-order chi connectivity index (χ0) is 14.0. The predicted molar refractivity (Wildman–Crippen MR) is 89.0 cm³/mol. The molecule has 0 bridgehead atoms. The second-order valence-electron chi connectivity index (χ2n) is 4.91. The summed E-state index contributed by atoms with van der Waals surface area (Å²) in [4.78, 5) is 0. The maximum absolute atomic E-state index is 5.81. The Kier molecular flexibility index (Phi) is 4.60. The van der Waals surface area contributed by atoms with Crippen LogP contribution in [0.4, 0.5) is 0 Å². The molecule has 3 heteroatoms. The summed E-state index contributed by atoms with van der Waals surface area (Å²) in [6.07, 6.45) is 0. The first-order valence-electron chi connectivity index (χ1n) is 6.33. The summed E-state index contributed by atoms with van der Waals surface area (Å²) in [6.45, 7) is 6.42. The van der Waals surface area contributed by atoms with Gasteiger partial charge in [0.15, 0.2) is 0 Å². The summed E-state index contributed by atoms with van der Waals surface area (Å²) in [7, 11) is 0. The van der Waals surface area contributed by atoms with E-state index in [0.717, 1.165) is 0 Å². The normalized spacial score (nSPS) is 12.5. The fraction of sp³-hybridized carbons (Fsp3) is 0.250. The van der Waals surface area contributed by atoms with E-state index < -0.39 is 0 Å². The van der Waals surface area contributed by atoms with E-state index in [9.17, 15) is 0 Å². The van der Waals surface area contributed by atoms with Crippen LogP contribution in [-0.2, 0) is 0 Å². The van der Waals surface area contributed by atoms with Crippen molar-refractivity contribution in [1.82, 2.24) is 5.43 Å². The van der Waals surface area contributed by atoms with E-state index in [1.807, 2.05) is 6.07 Å². The first-order chi connectivity index (χ1) is 9.04. The van der Waals surface area contributed by atoms with Crippen molar-refractivity contribution in [1.29, 1.82) is 0 Å². The molecule has 3 N–H and O–H groups in total. The molecule has 2 rings (SSSR count). The monoisotopic (exact) mass is 366 g/mol. The van der Waals surface area contributed by atoms with Gasteiger partial charge in [-0.3, -0.25) is 5.84 Å². The standard InChI is InChI=1S/C16H19IN2/c1-10-8-12(3)14(9-11(10)2)16(19-18)13-6-4-5-7-15(13)17/h4-9,16,19H,18H2,1-3H3. The number of benzene rings is 2. The van der Waals surface area contributed by atoms with Crippen molar-refractivity contribution in [2.45, 2.75) is 26.8 Å². The Labute approximate surface area is 128 Å². The number of hydrogen-bond acceptors (Lipinski definition) is 2. The van der Waals surface area contributed by atoms with Crippen molar-refractivity contribution in [3.8, 4) is 0 Å².